The Morgan fingerprint density at radius 2 is 2.06 bits per heavy atom. The first-order valence-electron chi connectivity index (χ1n) is 11.3. The molecule has 2 fully saturated rings. The molecular weight excluding hydrogens is 434 g/mol. The average Bonchev–Trinajstić information content (AvgIpc) is 3.37. The van der Waals surface area contributed by atoms with Crippen LogP contribution < -0.4 is 14.4 Å². The molecule has 34 heavy (non-hydrogen) atoms. The van der Waals surface area contributed by atoms with Crippen LogP contribution in [-0.2, 0) is 11.3 Å². The normalized spacial score (nSPS) is 24.3. The maximum Gasteiger partial charge on any atom is 0.415 e. The lowest BCUT2D eigenvalue weighted by atomic mass is 9.68. The van der Waals surface area contributed by atoms with Crippen molar-refractivity contribution >= 4 is 22.8 Å². The van der Waals surface area contributed by atoms with E-state index in [1.54, 1.807) is 30.3 Å². The van der Waals surface area contributed by atoms with Crippen LogP contribution in [0.25, 0.3) is 11.0 Å². The van der Waals surface area contributed by atoms with Crippen LogP contribution in [0, 0.1) is 16.7 Å². The Morgan fingerprint density at radius 3 is 2.82 bits per heavy atom. The van der Waals surface area contributed by atoms with Crippen LogP contribution in [0.1, 0.15) is 38.2 Å². The number of imidazole rings is 1. The van der Waals surface area contributed by atoms with Gasteiger partial charge in [-0.15, -0.1) is 0 Å². The number of benzene rings is 1. The molecule has 1 spiro atoms. The Bertz CT molecular complexity index is 1300. The number of pyridine rings is 1. The number of hydrogen-bond acceptors (Lipinski definition) is 7. The van der Waals surface area contributed by atoms with Crippen molar-refractivity contribution in [3.8, 4) is 17.7 Å². The summed E-state index contributed by atoms with van der Waals surface area (Å²) in [4.78, 5) is 23.4. The van der Waals surface area contributed by atoms with E-state index in [-0.39, 0.29) is 11.5 Å². The quantitative estimate of drug-likeness (QED) is 0.558. The molecule has 1 aliphatic heterocycles. The van der Waals surface area contributed by atoms with Gasteiger partial charge in [0.05, 0.1) is 56.0 Å². The molecule has 1 aliphatic carbocycles. The van der Waals surface area contributed by atoms with Gasteiger partial charge in [0.2, 0.25) is 5.88 Å². The first kappa shape index (κ1) is 22.0. The zero-order valence-electron chi connectivity index (χ0n) is 19.6. The summed E-state index contributed by atoms with van der Waals surface area (Å²) in [7, 11) is 3.09. The lowest BCUT2D eigenvalue weighted by molar-refractivity contribution is -0.0264. The molecule has 0 radical (unpaired) electrons. The summed E-state index contributed by atoms with van der Waals surface area (Å²) in [5, 5.41) is 9.29. The molecule has 1 saturated heterocycles. The third-order valence-electron chi connectivity index (χ3n) is 6.98. The van der Waals surface area contributed by atoms with Gasteiger partial charge in [-0.25, -0.2) is 14.8 Å². The third-order valence-corrected chi connectivity index (χ3v) is 6.98. The number of methoxy groups -OCH3 is 2. The Balaban J connectivity index is 1.40. The number of amides is 1. The van der Waals surface area contributed by atoms with E-state index in [4.69, 9.17) is 14.2 Å². The molecule has 1 aromatic carbocycles. The first-order chi connectivity index (χ1) is 16.4. The Morgan fingerprint density at radius 1 is 1.21 bits per heavy atom. The third kappa shape index (κ3) is 3.79. The summed E-state index contributed by atoms with van der Waals surface area (Å²) in [6.45, 7) is 3.40. The number of carbonyl (C=O) groups excluding carboxylic acids is 1. The molecule has 2 aliphatic rings. The highest BCUT2D eigenvalue weighted by molar-refractivity contribution is 5.92. The van der Waals surface area contributed by atoms with Crippen molar-refractivity contribution in [2.75, 3.05) is 25.7 Å². The summed E-state index contributed by atoms with van der Waals surface area (Å²) in [5.41, 5.74) is 2.31. The van der Waals surface area contributed by atoms with Gasteiger partial charge >= 0.3 is 6.09 Å². The molecule has 9 heteroatoms. The van der Waals surface area contributed by atoms with Crippen LogP contribution in [-0.4, -0.2) is 47.0 Å². The van der Waals surface area contributed by atoms with Gasteiger partial charge in [-0.3, -0.25) is 4.90 Å². The minimum atomic E-state index is -0.580. The smallest absolute Gasteiger partial charge is 0.415 e. The predicted molar refractivity (Wildman–Crippen MR) is 125 cm³/mol. The van der Waals surface area contributed by atoms with Gasteiger partial charge in [-0.05, 0) is 49.3 Å². The van der Waals surface area contributed by atoms with Gasteiger partial charge in [0.1, 0.15) is 17.0 Å². The second-order valence-corrected chi connectivity index (χ2v) is 9.56. The molecule has 0 bridgehead atoms. The average molecular weight is 462 g/mol. The number of carbonyl (C=O) groups is 1. The van der Waals surface area contributed by atoms with Crippen LogP contribution >= 0.6 is 0 Å². The molecule has 176 valence electrons. The number of nitrogens with zero attached hydrogens (tertiary/aromatic N) is 5. The lowest BCUT2D eigenvalue weighted by Gasteiger charge is -2.43. The molecular formula is C25H27N5O4. The van der Waals surface area contributed by atoms with E-state index in [0.29, 0.717) is 29.4 Å². The fraction of sp³-hybridized carbons (Fsp3) is 0.440. The molecule has 5 rings (SSSR count). The lowest BCUT2D eigenvalue weighted by Crippen LogP contribution is -2.45. The topological polar surface area (TPSA) is 103 Å². The van der Waals surface area contributed by atoms with Gasteiger partial charge in [0.15, 0.2) is 0 Å². The molecule has 2 unspecified atom stereocenters. The highest BCUT2D eigenvalue weighted by Crippen LogP contribution is 2.48. The number of ether oxygens (including phenoxy) is 3. The molecule has 2 atom stereocenters. The monoisotopic (exact) mass is 461 g/mol. The minimum absolute atomic E-state index is 0.104. The van der Waals surface area contributed by atoms with E-state index in [9.17, 15) is 10.1 Å². The van der Waals surface area contributed by atoms with E-state index >= 15 is 0 Å². The molecule has 2 aromatic heterocycles. The largest absolute Gasteiger partial charge is 0.494 e. The number of hydrogen-bond donors (Lipinski definition) is 0. The van der Waals surface area contributed by atoms with Gasteiger partial charge in [0, 0.05) is 12.6 Å². The van der Waals surface area contributed by atoms with Crippen molar-refractivity contribution in [1.29, 1.82) is 5.26 Å². The van der Waals surface area contributed by atoms with Crippen LogP contribution in [0.15, 0.2) is 36.8 Å². The standard InChI is InChI=1S/C25H27N5O4/c1-24(14-29-16-28-18-6-5-17(11-26)9-19(18)29)7-4-8-25(13-24)15-30(23(31)34-25)20-12-27-22(33-3)10-21(20)32-2/h5-6,9-10,12,16H,4,7-8,13-15H2,1-3H3. The predicted octanol–water partition coefficient (Wildman–Crippen LogP) is 4.30. The van der Waals surface area contributed by atoms with Gasteiger partial charge < -0.3 is 18.8 Å². The molecule has 3 heterocycles. The van der Waals surface area contributed by atoms with Crippen molar-refractivity contribution in [1.82, 2.24) is 14.5 Å². The van der Waals surface area contributed by atoms with Gasteiger partial charge in [0.25, 0.3) is 0 Å². The van der Waals surface area contributed by atoms with E-state index in [0.717, 1.165) is 43.3 Å². The van der Waals surface area contributed by atoms with Gasteiger partial charge in [-0.1, -0.05) is 6.92 Å². The van der Waals surface area contributed by atoms with E-state index in [2.05, 4.69) is 27.5 Å². The van der Waals surface area contributed by atoms with Crippen LogP contribution in [0.5, 0.6) is 11.6 Å². The van der Waals surface area contributed by atoms with Gasteiger partial charge in [-0.2, -0.15) is 5.26 Å². The van der Waals surface area contributed by atoms with Crippen LogP contribution in [0.2, 0.25) is 0 Å². The molecule has 0 N–H and O–H groups in total. The molecule has 1 amide bonds. The Labute approximate surface area is 197 Å². The van der Waals surface area contributed by atoms with Crippen molar-refractivity contribution < 1.29 is 19.0 Å². The summed E-state index contributed by atoms with van der Waals surface area (Å²) >= 11 is 0. The Hall–Kier alpha value is -3.80. The van der Waals surface area contributed by atoms with Crippen molar-refractivity contribution in [2.45, 2.75) is 44.8 Å². The molecule has 3 aromatic rings. The van der Waals surface area contributed by atoms with Crippen molar-refractivity contribution in [2.24, 2.45) is 5.41 Å². The second kappa shape index (κ2) is 8.20. The summed E-state index contributed by atoms with van der Waals surface area (Å²) < 4.78 is 18.8. The fourth-order valence-electron chi connectivity index (χ4n) is 5.51. The highest BCUT2D eigenvalue weighted by Gasteiger charge is 2.52. The number of aromatic nitrogens is 3. The fourth-order valence-corrected chi connectivity index (χ4v) is 5.51. The van der Waals surface area contributed by atoms with E-state index < -0.39 is 5.60 Å². The second-order valence-electron chi connectivity index (χ2n) is 9.56. The van der Waals surface area contributed by atoms with E-state index in [1.807, 2.05) is 18.5 Å². The maximum atomic E-state index is 13.0. The summed E-state index contributed by atoms with van der Waals surface area (Å²) in [6, 6.07) is 9.41. The minimum Gasteiger partial charge on any atom is -0.494 e. The summed E-state index contributed by atoms with van der Waals surface area (Å²) in [5.74, 6) is 0.929. The number of nitriles is 1. The van der Waals surface area contributed by atoms with Crippen molar-refractivity contribution in [3.63, 3.8) is 0 Å². The zero-order valence-corrected chi connectivity index (χ0v) is 19.6. The molecule has 9 nitrogen and oxygen atoms in total. The maximum absolute atomic E-state index is 13.0. The SMILES string of the molecule is COc1cc(OC)c(N2CC3(CCCC(C)(Cn4cnc5ccc(C#N)cc54)C3)OC2=O)cn1. The zero-order chi connectivity index (χ0) is 23.9. The van der Waals surface area contributed by atoms with Crippen LogP contribution in [0.3, 0.4) is 0 Å². The van der Waals surface area contributed by atoms with Crippen LogP contribution in [0.4, 0.5) is 10.5 Å². The van der Waals surface area contributed by atoms with Crippen molar-refractivity contribution in [3.05, 3.63) is 42.4 Å². The van der Waals surface area contributed by atoms with E-state index in [1.165, 1.54) is 7.11 Å². The number of anilines is 1. The molecule has 1 saturated carbocycles. The Kier molecular flexibility index (Phi) is 5.31. The highest BCUT2D eigenvalue weighted by atomic mass is 16.6. The number of fused-ring (bicyclic) bond motifs is 1. The summed E-state index contributed by atoms with van der Waals surface area (Å²) in [6.07, 6.45) is 6.53. The number of rotatable bonds is 5. The first-order valence-corrected chi connectivity index (χ1v) is 11.3.